The summed E-state index contributed by atoms with van der Waals surface area (Å²) in [5.41, 5.74) is 0. The molecule has 1 atom stereocenters. The van der Waals surface area contributed by atoms with E-state index in [1.54, 1.807) is 6.26 Å². The molecular weight excluding hydrogens is 308 g/mol. The lowest BCUT2D eigenvalue weighted by Gasteiger charge is -2.34. The number of furan rings is 1. The van der Waals surface area contributed by atoms with E-state index in [-0.39, 0.29) is 17.9 Å². The Balaban J connectivity index is 1.34. The van der Waals surface area contributed by atoms with Crippen molar-refractivity contribution in [3.63, 3.8) is 0 Å². The third-order valence-corrected chi connectivity index (χ3v) is 4.49. The summed E-state index contributed by atoms with van der Waals surface area (Å²) in [6, 6.07) is 3.96. The molecule has 2 aliphatic rings. The Morgan fingerprint density at radius 1 is 1.17 bits per heavy atom. The van der Waals surface area contributed by atoms with Crippen LogP contribution in [0.3, 0.4) is 0 Å². The third kappa shape index (κ3) is 5.07. The maximum atomic E-state index is 12.1. The second-order valence-corrected chi connectivity index (χ2v) is 6.70. The van der Waals surface area contributed by atoms with Gasteiger partial charge in [0.1, 0.15) is 5.76 Å². The van der Waals surface area contributed by atoms with Crippen LogP contribution < -0.4 is 10.6 Å². The first kappa shape index (κ1) is 17.0. The zero-order valence-corrected chi connectivity index (χ0v) is 14.2. The van der Waals surface area contributed by atoms with Gasteiger partial charge < -0.3 is 15.1 Å². The Morgan fingerprint density at radius 2 is 1.79 bits per heavy atom. The predicted octanol–water partition coefficient (Wildman–Crippen LogP) is 0.353. The largest absolute Gasteiger partial charge is 0.467 e. The highest BCUT2D eigenvalue weighted by molar-refractivity contribution is 5.79. The highest BCUT2D eigenvalue weighted by atomic mass is 16.3. The van der Waals surface area contributed by atoms with Crippen LogP contribution in [0, 0.1) is 0 Å². The van der Waals surface area contributed by atoms with E-state index in [9.17, 15) is 9.59 Å². The van der Waals surface area contributed by atoms with Crippen molar-refractivity contribution in [3.8, 4) is 0 Å². The van der Waals surface area contributed by atoms with Crippen LogP contribution in [0.1, 0.15) is 31.6 Å². The minimum atomic E-state index is -0.125. The van der Waals surface area contributed by atoms with Crippen LogP contribution in [0.2, 0.25) is 0 Å². The summed E-state index contributed by atoms with van der Waals surface area (Å²) in [6.45, 7) is 6.00. The van der Waals surface area contributed by atoms with Crippen molar-refractivity contribution in [1.82, 2.24) is 20.4 Å². The molecule has 1 aliphatic carbocycles. The first-order chi connectivity index (χ1) is 11.6. The van der Waals surface area contributed by atoms with Crippen LogP contribution in [0.25, 0.3) is 0 Å². The number of piperazine rings is 1. The Kier molecular flexibility index (Phi) is 5.52. The topological polar surface area (TPSA) is 77.8 Å². The standard InChI is InChI=1S/C17H26N4O3/c1-13(15-3-2-10-24-15)18-16(22)11-20-6-8-21(9-7-20)12-17(23)19-14-4-5-14/h2-3,10,13-14H,4-9,11-12H2,1H3,(H,18,22)(H,19,23). The summed E-state index contributed by atoms with van der Waals surface area (Å²) in [4.78, 5) is 28.2. The molecule has 3 rings (SSSR count). The van der Waals surface area contributed by atoms with Gasteiger partial charge in [-0.1, -0.05) is 0 Å². The van der Waals surface area contributed by atoms with Crippen LogP contribution in [0.15, 0.2) is 22.8 Å². The molecule has 1 aromatic rings. The molecule has 7 heteroatoms. The average molecular weight is 334 g/mol. The SMILES string of the molecule is CC(NC(=O)CN1CCN(CC(=O)NC2CC2)CC1)c1ccco1. The maximum absolute atomic E-state index is 12.1. The molecule has 24 heavy (non-hydrogen) atoms. The summed E-state index contributed by atoms with van der Waals surface area (Å²) in [5, 5.41) is 5.96. The molecule has 2 amide bonds. The summed E-state index contributed by atoms with van der Waals surface area (Å²) in [7, 11) is 0. The van der Waals surface area contributed by atoms with E-state index >= 15 is 0 Å². The summed E-state index contributed by atoms with van der Waals surface area (Å²) in [6.07, 6.45) is 3.84. The molecule has 1 saturated carbocycles. The van der Waals surface area contributed by atoms with Crippen LogP contribution in [0.5, 0.6) is 0 Å². The van der Waals surface area contributed by atoms with Crippen molar-refractivity contribution < 1.29 is 14.0 Å². The van der Waals surface area contributed by atoms with Gasteiger partial charge in [-0.05, 0) is 31.9 Å². The smallest absolute Gasteiger partial charge is 0.234 e. The molecule has 1 unspecified atom stereocenters. The van der Waals surface area contributed by atoms with Gasteiger partial charge >= 0.3 is 0 Å². The van der Waals surface area contributed by atoms with Gasteiger partial charge in [-0.15, -0.1) is 0 Å². The minimum absolute atomic E-state index is 0.00109. The van der Waals surface area contributed by atoms with Crippen molar-refractivity contribution in [1.29, 1.82) is 0 Å². The Labute approximate surface area is 142 Å². The van der Waals surface area contributed by atoms with Crippen molar-refractivity contribution in [2.24, 2.45) is 0 Å². The Bertz CT molecular complexity index is 548. The van der Waals surface area contributed by atoms with E-state index in [0.717, 1.165) is 44.8 Å². The lowest BCUT2D eigenvalue weighted by atomic mass is 10.2. The van der Waals surface area contributed by atoms with E-state index in [0.29, 0.717) is 19.1 Å². The monoisotopic (exact) mass is 334 g/mol. The number of nitrogens with zero attached hydrogens (tertiary/aromatic N) is 2. The van der Waals surface area contributed by atoms with E-state index in [1.165, 1.54) is 0 Å². The van der Waals surface area contributed by atoms with Gasteiger partial charge in [0.2, 0.25) is 11.8 Å². The van der Waals surface area contributed by atoms with E-state index < -0.39 is 0 Å². The Hall–Kier alpha value is -1.86. The van der Waals surface area contributed by atoms with E-state index in [2.05, 4.69) is 20.4 Å². The van der Waals surface area contributed by atoms with E-state index in [1.807, 2.05) is 19.1 Å². The molecule has 2 heterocycles. The van der Waals surface area contributed by atoms with Gasteiger partial charge in [-0.25, -0.2) is 0 Å². The second kappa shape index (κ2) is 7.81. The lowest BCUT2D eigenvalue weighted by molar-refractivity contribution is -0.125. The van der Waals surface area contributed by atoms with Crippen LogP contribution in [-0.2, 0) is 9.59 Å². The van der Waals surface area contributed by atoms with Crippen LogP contribution in [-0.4, -0.2) is 66.9 Å². The molecule has 2 N–H and O–H groups in total. The molecule has 7 nitrogen and oxygen atoms in total. The highest BCUT2D eigenvalue weighted by Crippen LogP contribution is 2.18. The van der Waals surface area contributed by atoms with Gasteiger partial charge in [0, 0.05) is 32.2 Å². The first-order valence-corrected chi connectivity index (χ1v) is 8.67. The average Bonchev–Trinajstić information content (AvgIpc) is 3.17. The van der Waals surface area contributed by atoms with Crippen molar-refractivity contribution in [2.75, 3.05) is 39.3 Å². The summed E-state index contributed by atoms with van der Waals surface area (Å²) >= 11 is 0. The zero-order valence-electron chi connectivity index (χ0n) is 14.2. The third-order valence-electron chi connectivity index (χ3n) is 4.49. The molecule has 1 aliphatic heterocycles. The number of carbonyl (C=O) groups excluding carboxylic acids is 2. The number of rotatable bonds is 7. The molecule has 2 fully saturated rings. The summed E-state index contributed by atoms with van der Waals surface area (Å²) < 4.78 is 5.30. The van der Waals surface area contributed by atoms with E-state index in [4.69, 9.17) is 4.42 Å². The molecule has 1 aromatic heterocycles. The predicted molar refractivity (Wildman–Crippen MR) is 89.3 cm³/mol. The second-order valence-electron chi connectivity index (χ2n) is 6.70. The van der Waals surface area contributed by atoms with Gasteiger partial charge in [-0.2, -0.15) is 0 Å². The number of hydrogen-bond donors (Lipinski definition) is 2. The molecule has 0 aromatic carbocycles. The first-order valence-electron chi connectivity index (χ1n) is 8.67. The van der Waals surface area contributed by atoms with Gasteiger partial charge in [0.15, 0.2) is 0 Å². The van der Waals surface area contributed by atoms with Crippen molar-refractivity contribution >= 4 is 11.8 Å². The minimum Gasteiger partial charge on any atom is -0.467 e. The fourth-order valence-electron chi connectivity index (χ4n) is 2.91. The molecular formula is C17H26N4O3. The quantitative estimate of drug-likeness (QED) is 0.752. The number of carbonyl (C=O) groups is 2. The van der Waals surface area contributed by atoms with Crippen molar-refractivity contribution in [3.05, 3.63) is 24.2 Å². The molecule has 1 saturated heterocycles. The number of amides is 2. The Morgan fingerprint density at radius 3 is 2.33 bits per heavy atom. The highest BCUT2D eigenvalue weighted by Gasteiger charge is 2.25. The molecule has 0 spiro atoms. The molecule has 132 valence electrons. The summed E-state index contributed by atoms with van der Waals surface area (Å²) in [5.74, 6) is 0.879. The zero-order chi connectivity index (χ0) is 16.9. The van der Waals surface area contributed by atoms with Gasteiger partial charge in [-0.3, -0.25) is 19.4 Å². The molecule has 0 bridgehead atoms. The normalized spacial score (nSPS) is 20.5. The molecule has 0 radical (unpaired) electrons. The maximum Gasteiger partial charge on any atom is 0.234 e. The van der Waals surface area contributed by atoms with Crippen LogP contribution >= 0.6 is 0 Å². The number of nitrogens with one attached hydrogen (secondary N) is 2. The lowest BCUT2D eigenvalue weighted by Crippen LogP contribution is -2.51. The van der Waals surface area contributed by atoms with Gasteiger partial charge in [0.05, 0.1) is 25.4 Å². The van der Waals surface area contributed by atoms with Gasteiger partial charge in [0.25, 0.3) is 0 Å². The van der Waals surface area contributed by atoms with Crippen molar-refractivity contribution in [2.45, 2.75) is 31.8 Å². The fraction of sp³-hybridized carbons (Fsp3) is 0.647. The number of hydrogen-bond acceptors (Lipinski definition) is 5. The van der Waals surface area contributed by atoms with Crippen LogP contribution in [0.4, 0.5) is 0 Å². The fourth-order valence-corrected chi connectivity index (χ4v) is 2.91.